The molecule has 2 nitrogen and oxygen atoms in total. The van der Waals surface area contributed by atoms with Crippen molar-refractivity contribution in [2.75, 3.05) is 7.05 Å². The average molecular weight is 277 g/mol. The smallest absolute Gasteiger partial charge is 0.0633 e. The Balaban J connectivity index is 2.86. The van der Waals surface area contributed by atoms with Gasteiger partial charge in [0.25, 0.3) is 0 Å². The minimum atomic E-state index is 0.110. The van der Waals surface area contributed by atoms with Crippen molar-refractivity contribution in [1.29, 1.82) is 0 Å². The number of halogens is 1. The van der Waals surface area contributed by atoms with Gasteiger partial charge >= 0.3 is 0 Å². The lowest BCUT2D eigenvalue weighted by Gasteiger charge is -2.44. The van der Waals surface area contributed by atoms with Crippen LogP contribution in [0.1, 0.15) is 46.5 Å². The molecule has 100 valence electrons. The number of hydrogen-bond donors (Lipinski definition) is 1. The maximum atomic E-state index is 6.70. The Kier molecular flexibility index (Phi) is 5.89. The zero-order chi connectivity index (χ0) is 13.1. The second-order valence-electron chi connectivity index (χ2n) is 5.16. The van der Waals surface area contributed by atoms with E-state index in [2.05, 4.69) is 40.3 Å². The first-order valence-electron chi connectivity index (χ1n) is 6.63. The highest BCUT2D eigenvalue weighted by molar-refractivity contribution is 7.19. The Morgan fingerprint density at radius 1 is 1.59 bits per heavy atom. The summed E-state index contributed by atoms with van der Waals surface area (Å²) in [5.41, 5.74) is 1.23. The van der Waals surface area contributed by atoms with E-state index in [1.165, 1.54) is 5.71 Å². The molecule has 0 amide bonds. The molecule has 0 radical (unpaired) electrons. The Bertz CT molecular complexity index is 283. The van der Waals surface area contributed by atoms with Crippen molar-refractivity contribution in [2.45, 2.75) is 69.1 Å². The first-order valence-corrected chi connectivity index (χ1v) is 7.64. The molecule has 0 aromatic heterocycles. The van der Waals surface area contributed by atoms with Crippen LogP contribution >= 0.6 is 20.8 Å². The Labute approximate surface area is 113 Å². The number of nitrogens with zero attached hydrogens (tertiary/aromatic N) is 1. The van der Waals surface area contributed by atoms with Crippen molar-refractivity contribution < 1.29 is 0 Å². The molecule has 1 aliphatic carbocycles. The van der Waals surface area contributed by atoms with E-state index in [1.807, 2.05) is 7.05 Å². The van der Waals surface area contributed by atoms with Gasteiger partial charge in [0.2, 0.25) is 0 Å². The summed E-state index contributed by atoms with van der Waals surface area (Å²) in [6.07, 6.45) is 4.40. The maximum Gasteiger partial charge on any atom is 0.0633 e. The van der Waals surface area contributed by atoms with Gasteiger partial charge < -0.3 is 5.32 Å². The molecule has 1 rings (SSSR count). The second kappa shape index (κ2) is 6.50. The van der Waals surface area contributed by atoms with Crippen LogP contribution in [0.3, 0.4) is 0 Å². The fourth-order valence-electron chi connectivity index (χ4n) is 2.38. The van der Waals surface area contributed by atoms with E-state index in [-0.39, 0.29) is 16.6 Å². The quantitative estimate of drug-likeness (QED) is 0.619. The van der Waals surface area contributed by atoms with E-state index in [1.54, 1.807) is 0 Å². The number of nitrogens with one attached hydrogen (secondary N) is 1. The van der Waals surface area contributed by atoms with Crippen LogP contribution in [0.5, 0.6) is 0 Å². The van der Waals surface area contributed by atoms with Crippen LogP contribution in [0.25, 0.3) is 0 Å². The summed E-state index contributed by atoms with van der Waals surface area (Å²) in [6, 6.07) is 0.713. The van der Waals surface area contributed by atoms with Gasteiger partial charge in [-0.15, -0.1) is 20.8 Å². The average Bonchev–Trinajstić information content (AvgIpc) is 2.35. The second-order valence-corrected chi connectivity index (χ2v) is 6.78. The van der Waals surface area contributed by atoms with Crippen molar-refractivity contribution >= 4 is 26.6 Å². The van der Waals surface area contributed by atoms with E-state index in [0.29, 0.717) is 6.04 Å². The molecule has 0 aromatic carbocycles. The molecular formula is C13H26ClN2P. The van der Waals surface area contributed by atoms with Crippen LogP contribution in [0, 0.1) is 0 Å². The third-order valence-electron chi connectivity index (χ3n) is 4.07. The van der Waals surface area contributed by atoms with E-state index in [4.69, 9.17) is 11.6 Å². The van der Waals surface area contributed by atoms with E-state index >= 15 is 0 Å². The van der Waals surface area contributed by atoms with Crippen LogP contribution in [0.15, 0.2) is 4.99 Å². The van der Waals surface area contributed by atoms with Crippen molar-refractivity contribution in [3.8, 4) is 0 Å². The third kappa shape index (κ3) is 3.43. The van der Waals surface area contributed by atoms with Gasteiger partial charge in [0.1, 0.15) is 0 Å². The Morgan fingerprint density at radius 2 is 2.24 bits per heavy atom. The van der Waals surface area contributed by atoms with Crippen LogP contribution in [-0.2, 0) is 0 Å². The molecule has 1 N–H and O–H groups in total. The van der Waals surface area contributed by atoms with Crippen LogP contribution < -0.4 is 5.32 Å². The summed E-state index contributed by atoms with van der Waals surface area (Å²) in [6.45, 7) is 6.62. The number of aliphatic imine (C=N–C) groups is 1. The Hall–Kier alpha value is 0.350. The molecule has 17 heavy (non-hydrogen) atoms. The first-order chi connectivity index (χ1) is 7.98. The van der Waals surface area contributed by atoms with E-state index < -0.39 is 0 Å². The van der Waals surface area contributed by atoms with E-state index in [9.17, 15) is 0 Å². The van der Waals surface area contributed by atoms with Crippen molar-refractivity contribution in [3.05, 3.63) is 0 Å². The van der Waals surface area contributed by atoms with Gasteiger partial charge in [-0.3, -0.25) is 4.99 Å². The summed E-state index contributed by atoms with van der Waals surface area (Å²) in [7, 11) is 4.87. The van der Waals surface area contributed by atoms with Crippen LogP contribution in [0.4, 0.5) is 0 Å². The first kappa shape index (κ1) is 15.4. The molecule has 5 atom stereocenters. The third-order valence-corrected chi connectivity index (χ3v) is 6.02. The summed E-state index contributed by atoms with van der Waals surface area (Å²) < 4.78 is 0. The lowest BCUT2D eigenvalue weighted by atomic mass is 9.81. The predicted octanol–water partition coefficient (Wildman–Crippen LogP) is 3.24. The molecule has 1 saturated carbocycles. The molecule has 4 heteroatoms. The molecule has 5 unspecified atom stereocenters. The highest BCUT2D eigenvalue weighted by atomic mass is 35.5. The molecule has 1 aliphatic rings. The largest absolute Gasteiger partial charge is 0.305 e. The zero-order valence-electron chi connectivity index (χ0n) is 11.5. The minimum Gasteiger partial charge on any atom is -0.305 e. The highest BCUT2D eigenvalue weighted by Gasteiger charge is 2.43. The molecule has 0 heterocycles. The van der Waals surface area contributed by atoms with Gasteiger partial charge in [0.15, 0.2) is 0 Å². The zero-order valence-corrected chi connectivity index (χ0v) is 13.4. The van der Waals surface area contributed by atoms with Crippen molar-refractivity contribution in [3.63, 3.8) is 0 Å². The van der Waals surface area contributed by atoms with Crippen LogP contribution in [-0.4, -0.2) is 35.4 Å². The summed E-state index contributed by atoms with van der Waals surface area (Å²) >= 11 is 6.70. The normalized spacial score (nSPS) is 38.4. The van der Waals surface area contributed by atoms with Gasteiger partial charge in [-0.05, 0) is 32.6 Å². The molecule has 0 aromatic rings. The lowest BCUT2D eigenvalue weighted by Crippen LogP contribution is -2.57. The summed E-state index contributed by atoms with van der Waals surface area (Å²) in [4.78, 5) is 4.43. The molecular weight excluding hydrogens is 251 g/mol. The summed E-state index contributed by atoms with van der Waals surface area (Å²) in [5, 5.41) is 3.90. The van der Waals surface area contributed by atoms with Crippen molar-refractivity contribution in [2.24, 2.45) is 4.99 Å². The van der Waals surface area contributed by atoms with Crippen LogP contribution in [0.2, 0.25) is 0 Å². The van der Waals surface area contributed by atoms with Crippen molar-refractivity contribution in [1.82, 2.24) is 5.32 Å². The van der Waals surface area contributed by atoms with Gasteiger partial charge in [0.05, 0.1) is 11.4 Å². The molecule has 0 bridgehead atoms. The van der Waals surface area contributed by atoms with Gasteiger partial charge in [0, 0.05) is 24.0 Å². The standard InChI is InChI=1S/C13H26ClN2P/c1-5-9(3)16-11-10(15-4)7-8-13(17,6-2)12(11)14/h9,11-12,16H,5-8,17H2,1-4H3. The topological polar surface area (TPSA) is 24.4 Å². The number of alkyl halides is 1. The molecule has 0 saturated heterocycles. The highest BCUT2D eigenvalue weighted by Crippen LogP contribution is 2.41. The molecule has 1 fully saturated rings. The minimum absolute atomic E-state index is 0.110. The number of hydrogen-bond acceptors (Lipinski definition) is 2. The maximum absolute atomic E-state index is 6.70. The van der Waals surface area contributed by atoms with E-state index in [0.717, 1.165) is 25.7 Å². The van der Waals surface area contributed by atoms with Gasteiger partial charge in [-0.25, -0.2) is 0 Å². The lowest BCUT2D eigenvalue weighted by molar-refractivity contribution is 0.389. The molecule has 0 aliphatic heterocycles. The fraction of sp³-hybridized carbons (Fsp3) is 0.923. The monoisotopic (exact) mass is 276 g/mol. The van der Waals surface area contributed by atoms with Gasteiger partial charge in [-0.2, -0.15) is 0 Å². The fourth-order valence-corrected chi connectivity index (χ4v) is 3.20. The number of rotatable bonds is 4. The Morgan fingerprint density at radius 3 is 2.71 bits per heavy atom. The molecule has 0 spiro atoms. The summed E-state index contributed by atoms with van der Waals surface area (Å²) in [5.74, 6) is 0. The van der Waals surface area contributed by atoms with Gasteiger partial charge in [-0.1, -0.05) is 13.8 Å². The predicted molar refractivity (Wildman–Crippen MR) is 81.6 cm³/mol. The SMILES string of the molecule is CCC(C)NC1C(=NC)CCC(P)(CC)C1Cl.